The van der Waals surface area contributed by atoms with Crippen LogP contribution in [0.1, 0.15) is 19.3 Å². The summed E-state index contributed by atoms with van der Waals surface area (Å²) < 4.78 is 42.4. The van der Waals surface area contributed by atoms with Crippen molar-refractivity contribution in [1.29, 1.82) is 4.78 Å². The van der Waals surface area contributed by atoms with Crippen molar-refractivity contribution in [1.82, 2.24) is 0 Å². The number of rotatable bonds is 8. The van der Waals surface area contributed by atoms with E-state index < -0.39 is 28.2 Å². The van der Waals surface area contributed by atoms with E-state index in [-0.39, 0.29) is 30.8 Å². The number of halogens is 2. The van der Waals surface area contributed by atoms with Gasteiger partial charge in [0, 0.05) is 27.7 Å². The Labute approximate surface area is 93.0 Å². The average Bonchev–Trinajstić information content (AvgIpc) is 2.13. The molecule has 16 heavy (non-hydrogen) atoms. The molecule has 0 heterocycles. The Morgan fingerprint density at radius 1 is 1.38 bits per heavy atom. The monoisotopic (exact) mass is 258 g/mol. The van der Waals surface area contributed by atoms with Crippen LogP contribution in [0.5, 0.6) is 0 Å². The Bertz CT molecular complexity index is 319. The second-order valence-electron chi connectivity index (χ2n) is 3.49. The zero-order chi connectivity index (χ0) is 12.8. The van der Waals surface area contributed by atoms with Crippen molar-refractivity contribution in [2.24, 2.45) is 5.73 Å². The van der Waals surface area contributed by atoms with E-state index in [1.807, 2.05) is 0 Å². The fraction of sp³-hybridized carbons (Fsp3) is 0.875. The minimum absolute atomic E-state index is 0.00229. The predicted octanol–water partition coefficient (Wildman–Crippen LogP) is 0.880. The predicted molar refractivity (Wildman–Crippen MR) is 56.1 cm³/mol. The quantitative estimate of drug-likeness (QED) is 0.601. The van der Waals surface area contributed by atoms with Gasteiger partial charge in [0.2, 0.25) is 6.43 Å². The van der Waals surface area contributed by atoms with Crippen LogP contribution in [-0.4, -0.2) is 39.3 Å². The van der Waals surface area contributed by atoms with E-state index in [1.165, 1.54) is 0 Å². The smallest absolute Gasteiger partial charge is 0.320 e. The molecule has 2 atom stereocenters. The average molecular weight is 258 g/mol. The molecule has 0 amide bonds. The van der Waals surface area contributed by atoms with Crippen LogP contribution in [0.4, 0.5) is 8.78 Å². The summed E-state index contributed by atoms with van der Waals surface area (Å²) in [5.74, 6) is -1.52. The molecule has 0 aromatic rings. The van der Waals surface area contributed by atoms with E-state index in [4.69, 9.17) is 15.6 Å². The molecule has 0 aromatic carbocycles. The van der Waals surface area contributed by atoms with Crippen molar-refractivity contribution in [3.8, 4) is 0 Å². The first-order chi connectivity index (χ1) is 7.24. The molecule has 8 heteroatoms. The highest BCUT2D eigenvalue weighted by Crippen LogP contribution is 2.07. The summed E-state index contributed by atoms with van der Waals surface area (Å²) >= 11 is 0. The molecule has 0 saturated carbocycles. The highest BCUT2D eigenvalue weighted by Gasteiger charge is 2.15. The first-order valence-electron chi connectivity index (χ1n) is 4.75. The lowest BCUT2D eigenvalue weighted by Gasteiger charge is -2.09. The Kier molecular flexibility index (Phi) is 6.42. The molecule has 96 valence electrons. The van der Waals surface area contributed by atoms with Crippen molar-refractivity contribution in [3.05, 3.63) is 0 Å². The van der Waals surface area contributed by atoms with Gasteiger partial charge in [-0.25, -0.2) is 13.0 Å². The second kappa shape index (κ2) is 6.74. The van der Waals surface area contributed by atoms with Gasteiger partial charge >= 0.3 is 5.97 Å². The summed E-state index contributed by atoms with van der Waals surface area (Å²) in [6, 6.07) is -1.15. The van der Waals surface area contributed by atoms with E-state index in [0.717, 1.165) is 0 Å². The summed E-state index contributed by atoms with van der Waals surface area (Å²) in [5, 5.41) is 8.45. The number of hydrogen-bond donors (Lipinski definition) is 3. The molecular weight excluding hydrogens is 242 g/mol. The molecule has 0 aliphatic heterocycles. The summed E-state index contributed by atoms with van der Waals surface area (Å²) in [6.45, 7) is 0. The molecule has 0 fully saturated rings. The van der Waals surface area contributed by atoms with E-state index in [9.17, 15) is 17.8 Å². The third kappa shape index (κ3) is 7.52. The Morgan fingerprint density at radius 2 is 1.94 bits per heavy atom. The molecular formula is C8H16F2N2O3S. The second-order valence-corrected chi connectivity index (χ2v) is 5.93. The maximum absolute atomic E-state index is 11.8. The van der Waals surface area contributed by atoms with Gasteiger partial charge in [-0.2, -0.15) is 0 Å². The Balaban J connectivity index is 3.92. The molecule has 0 aliphatic rings. The molecule has 0 radical (unpaired) electrons. The maximum atomic E-state index is 11.8. The van der Waals surface area contributed by atoms with Gasteiger partial charge < -0.3 is 10.8 Å². The van der Waals surface area contributed by atoms with Crippen LogP contribution in [-0.2, 0) is 14.5 Å². The molecule has 4 N–H and O–H groups in total. The molecule has 5 nitrogen and oxygen atoms in total. The Hall–Kier alpha value is -0.760. The van der Waals surface area contributed by atoms with Crippen molar-refractivity contribution >= 4 is 15.7 Å². The van der Waals surface area contributed by atoms with Gasteiger partial charge in [0.05, 0.1) is 0 Å². The number of aliphatic carboxylic acids is 1. The van der Waals surface area contributed by atoms with Crippen molar-refractivity contribution in [2.45, 2.75) is 31.7 Å². The fourth-order valence-corrected chi connectivity index (χ4v) is 2.49. The highest BCUT2D eigenvalue weighted by molar-refractivity contribution is 7.92. The number of carboxylic acids is 1. The molecule has 1 unspecified atom stereocenters. The number of nitrogens with two attached hydrogens (primary N) is 1. The van der Waals surface area contributed by atoms with Gasteiger partial charge in [0.25, 0.3) is 0 Å². The summed E-state index contributed by atoms with van der Waals surface area (Å²) in [6.07, 6.45) is -2.92. The van der Waals surface area contributed by atoms with Gasteiger partial charge in [-0.1, -0.05) is 0 Å². The van der Waals surface area contributed by atoms with Crippen LogP contribution in [0.25, 0.3) is 0 Å². The number of nitrogens with one attached hydrogen (secondary N) is 1. The minimum atomic E-state index is -2.98. The van der Waals surface area contributed by atoms with Crippen molar-refractivity contribution < 1.29 is 22.9 Å². The van der Waals surface area contributed by atoms with Gasteiger partial charge in [-0.05, 0) is 12.8 Å². The first kappa shape index (κ1) is 15.2. The Morgan fingerprint density at radius 3 is 2.38 bits per heavy atom. The van der Waals surface area contributed by atoms with Crippen molar-refractivity contribution in [2.75, 3.05) is 11.5 Å². The van der Waals surface area contributed by atoms with Gasteiger partial charge in [0.15, 0.2) is 0 Å². The SMILES string of the molecule is N=S(=O)(CCCC(F)F)CC[C@H](N)C(=O)O. The molecule has 0 aromatic heterocycles. The summed E-state index contributed by atoms with van der Waals surface area (Å²) in [5.41, 5.74) is 5.17. The topological polar surface area (TPSA) is 104 Å². The van der Waals surface area contributed by atoms with Crippen LogP contribution in [0.3, 0.4) is 0 Å². The van der Waals surface area contributed by atoms with Gasteiger partial charge in [0.1, 0.15) is 6.04 Å². The molecule has 0 saturated heterocycles. The zero-order valence-electron chi connectivity index (χ0n) is 8.70. The lowest BCUT2D eigenvalue weighted by atomic mass is 10.2. The lowest BCUT2D eigenvalue weighted by molar-refractivity contribution is -0.138. The van der Waals surface area contributed by atoms with Crippen LogP contribution >= 0.6 is 0 Å². The van der Waals surface area contributed by atoms with E-state index in [2.05, 4.69) is 0 Å². The number of hydrogen-bond acceptors (Lipinski definition) is 4. The summed E-state index contributed by atoms with van der Waals surface area (Å²) in [4.78, 5) is 10.3. The van der Waals surface area contributed by atoms with E-state index in [1.54, 1.807) is 0 Å². The third-order valence-corrected chi connectivity index (χ3v) is 3.82. The first-order valence-corrected chi connectivity index (χ1v) is 6.65. The minimum Gasteiger partial charge on any atom is -0.480 e. The van der Waals surface area contributed by atoms with E-state index >= 15 is 0 Å². The zero-order valence-corrected chi connectivity index (χ0v) is 9.51. The highest BCUT2D eigenvalue weighted by atomic mass is 32.2. The standard InChI is InChI=1S/C8H16F2N2O3S/c9-7(10)2-1-4-16(12,15)5-3-6(11)8(13)14/h6-7,12H,1-5,11H2,(H,13,14)/t6-,16?/m0/s1. The van der Waals surface area contributed by atoms with Crippen molar-refractivity contribution in [3.63, 3.8) is 0 Å². The summed E-state index contributed by atoms with van der Waals surface area (Å²) in [7, 11) is -2.98. The van der Waals surface area contributed by atoms with Crippen LogP contribution in [0.15, 0.2) is 0 Å². The lowest BCUT2D eigenvalue weighted by Crippen LogP contribution is -2.32. The number of carboxylic acid groups (broad SMARTS) is 1. The molecule has 0 rings (SSSR count). The van der Waals surface area contributed by atoms with Crippen LogP contribution in [0, 0.1) is 4.78 Å². The third-order valence-electron chi connectivity index (χ3n) is 1.97. The molecule has 0 aliphatic carbocycles. The van der Waals surface area contributed by atoms with Crippen LogP contribution in [0.2, 0.25) is 0 Å². The molecule has 0 bridgehead atoms. The molecule has 0 spiro atoms. The number of alkyl halides is 2. The van der Waals surface area contributed by atoms with E-state index in [0.29, 0.717) is 0 Å². The number of carbonyl (C=O) groups is 1. The normalized spacial score (nSPS) is 17.0. The maximum Gasteiger partial charge on any atom is 0.320 e. The van der Waals surface area contributed by atoms with Gasteiger partial charge in [-0.3, -0.25) is 9.57 Å². The van der Waals surface area contributed by atoms with Crippen LogP contribution < -0.4 is 5.73 Å². The largest absolute Gasteiger partial charge is 0.480 e. The van der Waals surface area contributed by atoms with Gasteiger partial charge in [-0.15, -0.1) is 0 Å². The fourth-order valence-electron chi connectivity index (χ4n) is 1.01.